The van der Waals surface area contributed by atoms with Gasteiger partial charge in [0.1, 0.15) is 0 Å². The molecule has 1 aliphatic rings. The van der Waals surface area contributed by atoms with Gasteiger partial charge < -0.3 is 4.74 Å². The molecule has 3 rings (SSSR count). The Balaban J connectivity index is 1.64. The van der Waals surface area contributed by atoms with Crippen LogP contribution in [0.1, 0.15) is 34.3 Å². The number of ether oxygens (including phenoxy) is 1. The Labute approximate surface area is 118 Å². The van der Waals surface area contributed by atoms with Crippen LogP contribution in [0.25, 0.3) is 0 Å². The SMILES string of the molecule is COC(=O)c1cnn(Cc2ccc(CC3CC3)cc2)c1. The van der Waals surface area contributed by atoms with E-state index in [1.165, 1.54) is 43.7 Å². The van der Waals surface area contributed by atoms with E-state index in [2.05, 4.69) is 34.1 Å². The summed E-state index contributed by atoms with van der Waals surface area (Å²) < 4.78 is 6.42. The van der Waals surface area contributed by atoms with Crippen LogP contribution in [-0.4, -0.2) is 22.9 Å². The van der Waals surface area contributed by atoms with Gasteiger partial charge in [0.25, 0.3) is 0 Å². The molecule has 1 aromatic carbocycles. The van der Waals surface area contributed by atoms with E-state index in [9.17, 15) is 4.79 Å². The molecular formula is C16H18N2O2. The molecule has 0 atom stereocenters. The minimum atomic E-state index is -0.351. The molecule has 0 radical (unpaired) electrons. The second-order valence-corrected chi connectivity index (χ2v) is 5.38. The zero-order chi connectivity index (χ0) is 13.9. The maximum atomic E-state index is 11.4. The molecule has 0 bridgehead atoms. The van der Waals surface area contributed by atoms with E-state index in [1.54, 1.807) is 10.9 Å². The lowest BCUT2D eigenvalue weighted by Gasteiger charge is -2.04. The third-order valence-corrected chi connectivity index (χ3v) is 3.64. The number of hydrogen-bond donors (Lipinski definition) is 0. The van der Waals surface area contributed by atoms with Crippen LogP contribution in [0.4, 0.5) is 0 Å². The number of carbonyl (C=O) groups excluding carboxylic acids is 1. The first-order chi connectivity index (χ1) is 9.74. The second kappa shape index (κ2) is 5.49. The fraction of sp³-hybridized carbons (Fsp3) is 0.375. The van der Waals surface area contributed by atoms with Crippen molar-refractivity contribution in [2.75, 3.05) is 7.11 Å². The number of esters is 1. The molecule has 0 unspecified atom stereocenters. The van der Waals surface area contributed by atoms with Crippen LogP contribution >= 0.6 is 0 Å². The Bertz CT molecular complexity index is 597. The third-order valence-electron chi connectivity index (χ3n) is 3.64. The first-order valence-corrected chi connectivity index (χ1v) is 6.93. The maximum absolute atomic E-state index is 11.4. The molecule has 4 nitrogen and oxygen atoms in total. The number of hydrogen-bond acceptors (Lipinski definition) is 3. The molecule has 0 N–H and O–H groups in total. The molecule has 1 fully saturated rings. The van der Waals surface area contributed by atoms with Gasteiger partial charge in [-0.25, -0.2) is 4.79 Å². The van der Waals surface area contributed by atoms with Gasteiger partial charge in [-0.2, -0.15) is 5.10 Å². The molecule has 0 amide bonds. The predicted octanol–water partition coefficient (Wildman–Crippen LogP) is 2.67. The summed E-state index contributed by atoms with van der Waals surface area (Å²) in [7, 11) is 1.37. The number of aromatic nitrogens is 2. The average molecular weight is 270 g/mol. The highest BCUT2D eigenvalue weighted by atomic mass is 16.5. The van der Waals surface area contributed by atoms with Crippen molar-refractivity contribution in [3.8, 4) is 0 Å². The smallest absolute Gasteiger partial charge is 0.341 e. The van der Waals surface area contributed by atoms with Gasteiger partial charge in [0.15, 0.2) is 0 Å². The van der Waals surface area contributed by atoms with Crippen molar-refractivity contribution in [2.45, 2.75) is 25.8 Å². The molecule has 1 heterocycles. The van der Waals surface area contributed by atoms with Crippen molar-refractivity contribution in [3.05, 3.63) is 53.3 Å². The first kappa shape index (κ1) is 12.9. The van der Waals surface area contributed by atoms with E-state index in [1.807, 2.05) is 0 Å². The van der Waals surface area contributed by atoms with Crippen LogP contribution in [0.5, 0.6) is 0 Å². The molecule has 104 valence electrons. The number of nitrogens with zero attached hydrogens (tertiary/aromatic N) is 2. The lowest BCUT2D eigenvalue weighted by atomic mass is 10.1. The lowest BCUT2D eigenvalue weighted by Crippen LogP contribution is -2.02. The fourth-order valence-corrected chi connectivity index (χ4v) is 2.30. The summed E-state index contributed by atoms with van der Waals surface area (Å²) in [6, 6.07) is 8.66. The van der Waals surface area contributed by atoms with E-state index in [-0.39, 0.29) is 5.97 Å². The molecule has 1 aliphatic carbocycles. The molecule has 0 aliphatic heterocycles. The van der Waals surface area contributed by atoms with Crippen molar-refractivity contribution in [1.82, 2.24) is 9.78 Å². The summed E-state index contributed by atoms with van der Waals surface area (Å²) in [4.78, 5) is 11.4. The van der Waals surface area contributed by atoms with Gasteiger partial charge in [-0.3, -0.25) is 4.68 Å². The van der Waals surface area contributed by atoms with Crippen molar-refractivity contribution in [1.29, 1.82) is 0 Å². The van der Waals surface area contributed by atoms with Crippen molar-refractivity contribution < 1.29 is 9.53 Å². The van der Waals surface area contributed by atoms with E-state index in [4.69, 9.17) is 0 Å². The zero-order valence-corrected chi connectivity index (χ0v) is 11.6. The number of rotatable bonds is 5. The average Bonchev–Trinajstić information content (AvgIpc) is 3.16. The monoisotopic (exact) mass is 270 g/mol. The minimum absolute atomic E-state index is 0.351. The standard InChI is InChI=1S/C16H18N2O2/c1-20-16(19)15-9-17-18(11-15)10-14-6-4-13(5-7-14)8-12-2-3-12/h4-7,9,11-12H,2-3,8,10H2,1H3. The minimum Gasteiger partial charge on any atom is -0.465 e. The van der Waals surface area contributed by atoms with Crippen LogP contribution in [0.2, 0.25) is 0 Å². The highest BCUT2D eigenvalue weighted by Crippen LogP contribution is 2.32. The number of benzene rings is 1. The summed E-state index contributed by atoms with van der Waals surface area (Å²) >= 11 is 0. The zero-order valence-electron chi connectivity index (χ0n) is 11.6. The summed E-state index contributed by atoms with van der Waals surface area (Å²) in [5.74, 6) is 0.561. The Morgan fingerprint density at radius 2 is 2.00 bits per heavy atom. The highest BCUT2D eigenvalue weighted by Gasteiger charge is 2.21. The van der Waals surface area contributed by atoms with Crippen molar-refractivity contribution in [2.24, 2.45) is 5.92 Å². The number of carbonyl (C=O) groups is 1. The van der Waals surface area contributed by atoms with Crippen LogP contribution in [-0.2, 0) is 17.7 Å². The molecule has 1 saturated carbocycles. The van der Waals surface area contributed by atoms with Crippen LogP contribution < -0.4 is 0 Å². The Kier molecular flexibility index (Phi) is 3.54. The van der Waals surface area contributed by atoms with Gasteiger partial charge in [-0.15, -0.1) is 0 Å². The van der Waals surface area contributed by atoms with Crippen LogP contribution in [0.15, 0.2) is 36.7 Å². The second-order valence-electron chi connectivity index (χ2n) is 5.38. The van der Waals surface area contributed by atoms with E-state index in [0.717, 1.165) is 5.92 Å². The van der Waals surface area contributed by atoms with Gasteiger partial charge in [-0.05, 0) is 36.3 Å². The normalized spacial score (nSPS) is 14.2. The molecule has 20 heavy (non-hydrogen) atoms. The molecule has 0 spiro atoms. The summed E-state index contributed by atoms with van der Waals surface area (Å²) in [5.41, 5.74) is 3.08. The maximum Gasteiger partial charge on any atom is 0.341 e. The summed E-state index contributed by atoms with van der Waals surface area (Å²) in [5, 5.41) is 4.18. The Hall–Kier alpha value is -2.10. The fourth-order valence-electron chi connectivity index (χ4n) is 2.30. The van der Waals surface area contributed by atoms with Gasteiger partial charge >= 0.3 is 5.97 Å². The van der Waals surface area contributed by atoms with E-state index in [0.29, 0.717) is 12.1 Å². The van der Waals surface area contributed by atoms with Gasteiger partial charge in [-0.1, -0.05) is 24.3 Å². The van der Waals surface area contributed by atoms with Crippen LogP contribution in [0.3, 0.4) is 0 Å². The number of methoxy groups -OCH3 is 1. The summed E-state index contributed by atoms with van der Waals surface area (Å²) in [6.07, 6.45) is 7.21. The van der Waals surface area contributed by atoms with Crippen molar-refractivity contribution >= 4 is 5.97 Å². The van der Waals surface area contributed by atoms with Gasteiger partial charge in [0.2, 0.25) is 0 Å². The molecule has 4 heteroatoms. The van der Waals surface area contributed by atoms with Crippen LogP contribution in [0, 0.1) is 5.92 Å². The Morgan fingerprint density at radius 3 is 2.65 bits per heavy atom. The van der Waals surface area contributed by atoms with Gasteiger partial charge in [0, 0.05) is 6.20 Å². The highest BCUT2D eigenvalue weighted by molar-refractivity contribution is 5.88. The topological polar surface area (TPSA) is 44.1 Å². The molecule has 0 saturated heterocycles. The third kappa shape index (κ3) is 3.07. The summed E-state index contributed by atoms with van der Waals surface area (Å²) in [6.45, 7) is 0.667. The van der Waals surface area contributed by atoms with E-state index < -0.39 is 0 Å². The Morgan fingerprint density at radius 1 is 1.30 bits per heavy atom. The largest absolute Gasteiger partial charge is 0.465 e. The van der Waals surface area contributed by atoms with Gasteiger partial charge in [0.05, 0.1) is 25.4 Å². The van der Waals surface area contributed by atoms with E-state index >= 15 is 0 Å². The molecule has 1 aromatic heterocycles. The molecule has 2 aromatic rings. The molecular weight excluding hydrogens is 252 g/mol. The lowest BCUT2D eigenvalue weighted by molar-refractivity contribution is 0.0600. The first-order valence-electron chi connectivity index (χ1n) is 6.93. The quantitative estimate of drug-likeness (QED) is 0.785. The van der Waals surface area contributed by atoms with Crippen molar-refractivity contribution in [3.63, 3.8) is 0 Å². The predicted molar refractivity (Wildman–Crippen MR) is 75.5 cm³/mol.